The third kappa shape index (κ3) is 4.83. The highest BCUT2D eigenvalue weighted by Crippen LogP contribution is 2.35. The number of para-hydroxylation sites is 2. The molecule has 166 valence electrons. The zero-order chi connectivity index (χ0) is 22.3. The SMILES string of the molecule is CON/C(=C1\NOCCO1)c1ccccc1Oc1ncnc(Oc2ccccc2Cl)c1F. The molecular weight excluding hydrogens is 443 g/mol. The quantitative estimate of drug-likeness (QED) is 0.503. The first-order chi connectivity index (χ1) is 15.7. The van der Waals surface area contributed by atoms with E-state index in [4.69, 9.17) is 35.5 Å². The molecule has 2 N–H and O–H groups in total. The molecule has 32 heavy (non-hydrogen) atoms. The molecule has 2 aromatic carbocycles. The number of nitrogens with one attached hydrogen (secondary N) is 2. The highest BCUT2D eigenvalue weighted by atomic mass is 35.5. The van der Waals surface area contributed by atoms with E-state index >= 15 is 4.39 Å². The highest BCUT2D eigenvalue weighted by molar-refractivity contribution is 6.32. The Morgan fingerprint density at radius 3 is 2.41 bits per heavy atom. The summed E-state index contributed by atoms with van der Waals surface area (Å²) in [6.07, 6.45) is 1.12. The van der Waals surface area contributed by atoms with Gasteiger partial charge in [-0.15, -0.1) is 0 Å². The van der Waals surface area contributed by atoms with Crippen LogP contribution in [0.4, 0.5) is 4.39 Å². The first-order valence-electron chi connectivity index (χ1n) is 9.41. The van der Waals surface area contributed by atoms with E-state index in [-0.39, 0.29) is 29.1 Å². The molecular formula is C21H18ClFN4O5. The summed E-state index contributed by atoms with van der Waals surface area (Å²) >= 11 is 6.08. The van der Waals surface area contributed by atoms with Gasteiger partial charge in [-0.3, -0.25) is 15.2 Å². The fraction of sp³-hybridized carbons (Fsp3) is 0.143. The predicted octanol–water partition coefficient (Wildman–Crippen LogP) is 4.18. The normalized spacial score (nSPS) is 14.7. The lowest BCUT2D eigenvalue weighted by atomic mass is 10.1. The van der Waals surface area contributed by atoms with Crippen LogP contribution in [-0.2, 0) is 14.4 Å². The smallest absolute Gasteiger partial charge is 0.263 e. The monoisotopic (exact) mass is 460 g/mol. The number of hydrogen-bond donors (Lipinski definition) is 2. The number of hydroxylamine groups is 2. The summed E-state index contributed by atoms with van der Waals surface area (Å²) in [7, 11) is 1.44. The van der Waals surface area contributed by atoms with Crippen LogP contribution in [-0.4, -0.2) is 30.3 Å². The average molecular weight is 461 g/mol. The zero-order valence-electron chi connectivity index (χ0n) is 16.8. The maximum absolute atomic E-state index is 15.1. The number of nitrogens with zero attached hydrogens (tertiary/aromatic N) is 2. The van der Waals surface area contributed by atoms with Gasteiger partial charge in [0.1, 0.15) is 36.7 Å². The van der Waals surface area contributed by atoms with Crippen molar-refractivity contribution >= 4 is 17.3 Å². The van der Waals surface area contributed by atoms with Crippen LogP contribution < -0.4 is 20.4 Å². The molecule has 0 unspecified atom stereocenters. The number of benzene rings is 2. The molecule has 1 aromatic heterocycles. The van der Waals surface area contributed by atoms with Gasteiger partial charge in [0.15, 0.2) is 0 Å². The lowest BCUT2D eigenvalue weighted by Crippen LogP contribution is -2.30. The van der Waals surface area contributed by atoms with Crippen molar-refractivity contribution < 1.29 is 28.3 Å². The van der Waals surface area contributed by atoms with Crippen LogP contribution in [0, 0.1) is 5.82 Å². The summed E-state index contributed by atoms with van der Waals surface area (Å²) < 4.78 is 31.9. The van der Waals surface area contributed by atoms with E-state index in [0.29, 0.717) is 29.5 Å². The van der Waals surface area contributed by atoms with Crippen molar-refractivity contribution in [2.75, 3.05) is 20.3 Å². The molecule has 11 heteroatoms. The fourth-order valence-electron chi connectivity index (χ4n) is 2.76. The van der Waals surface area contributed by atoms with Gasteiger partial charge in [0.05, 0.1) is 12.1 Å². The molecule has 3 aromatic rings. The Bertz CT molecular complexity index is 1120. The Labute approximate surface area is 187 Å². The van der Waals surface area contributed by atoms with Crippen molar-refractivity contribution in [2.24, 2.45) is 0 Å². The second-order valence-corrected chi connectivity index (χ2v) is 6.65. The van der Waals surface area contributed by atoms with Gasteiger partial charge in [-0.1, -0.05) is 35.9 Å². The molecule has 0 amide bonds. The lowest BCUT2D eigenvalue weighted by Gasteiger charge is -2.22. The van der Waals surface area contributed by atoms with Gasteiger partial charge < -0.3 is 14.2 Å². The van der Waals surface area contributed by atoms with E-state index in [1.165, 1.54) is 7.11 Å². The molecule has 2 heterocycles. The summed E-state index contributed by atoms with van der Waals surface area (Å²) in [4.78, 5) is 18.0. The third-order valence-electron chi connectivity index (χ3n) is 4.16. The van der Waals surface area contributed by atoms with Crippen LogP contribution in [0.15, 0.2) is 60.7 Å². The van der Waals surface area contributed by atoms with Gasteiger partial charge in [-0.05, 0) is 24.3 Å². The summed E-state index contributed by atoms with van der Waals surface area (Å²) in [6, 6.07) is 13.5. The van der Waals surface area contributed by atoms with Gasteiger partial charge in [0.2, 0.25) is 11.7 Å². The molecule has 1 aliphatic heterocycles. The number of aromatic nitrogens is 2. The Morgan fingerprint density at radius 1 is 1.03 bits per heavy atom. The van der Waals surface area contributed by atoms with Crippen LogP contribution in [0.1, 0.15) is 5.56 Å². The average Bonchev–Trinajstić information content (AvgIpc) is 2.82. The second-order valence-electron chi connectivity index (χ2n) is 6.24. The molecule has 1 aliphatic rings. The highest BCUT2D eigenvalue weighted by Gasteiger charge is 2.22. The molecule has 4 rings (SSSR count). The molecule has 0 atom stereocenters. The van der Waals surface area contributed by atoms with Crippen molar-refractivity contribution in [1.29, 1.82) is 0 Å². The van der Waals surface area contributed by atoms with Crippen LogP contribution in [0.5, 0.6) is 23.3 Å². The van der Waals surface area contributed by atoms with Gasteiger partial charge in [-0.25, -0.2) is 5.48 Å². The number of hydrogen-bond acceptors (Lipinski definition) is 9. The summed E-state index contributed by atoms with van der Waals surface area (Å²) in [5.41, 5.74) is 6.27. The van der Waals surface area contributed by atoms with Gasteiger partial charge in [-0.2, -0.15) is 14.4 Å². The molecule has 0 spiro atoms. The van der Waals surface area contributed by atoms with Crippen molar-refractivity contribution in [3.8, 4) is 23.3 Å². The lowest BCUT2D eigenvalue weighted by molar-refractivity contribution is -0.0579. The topological polar surface area (TPSA) is 96.0 Å². The van der Waals surface area contributed by atoms with Crippen molar-refractivity contribution in [3.63, 3.8) is 0 Å². The third-order valence-corrected chi connectivity index (χ3v) is 4.47. The molecule has 0 radical (unpaired) electrons. The maximum Gasteiger partial charge on any atom is 0.263 e. The van der Waals surface area contributed by atoms with Crippen LogP contribution >= 0.6 is 11.6 Å². The van der Waals surface area contributed by atoms with Gasteiger partial charge >= 0.3 is 0 Å². The first-order valence-corrected chi connectivity index (χ1v) is 9.79. The number of rotatable bonds is 7. The summed E-state index contributed by atoms with van der Waals surface area (Å²) in [6.45, 7) is 0.714. The van der Waals surface area contributed by atoms with Crippen molar-refractivity contribution in [3.05, 3.63) is 77.1 Å². The Kier molecular flexibility index (Phi) is 6.85. The van der Waals surface area contributed by atoms with Gasteiger partial charge in [0.25, 0.3) is 11.8 Å². The van der Waals surface area contributed by atoms with Crippen LogP contribution in [0.25, 0.3) is 5.70 Å². The molecule has 1 fully saturated rings. The number of ether oxygens (including phenoxy) is 3. The minimum Gasteiger partial charge on any atom is -0.474 e. The summed E-state index contributed by atoms with van der Waals surface area (Å²) in [5, 5.41) is 0.308. The Hall–Kier alpha value is -3.60. The fourth-order valence-corrected chi connectivity index (χ4v) is 2.93. The van der Waals surface area contributed by atoms with Crippen molar-refractivity contribution in [1.82, 2.24) is 20.9 Å². The van der Waals surface area contributed by atoms with Crippen molar-refractivity contribution in [2.45, 2.75) is 0 Å². The molecule has 1 saturated heterocycles. The molecule has 0 saturated carbocycles. The largest absolute Gasteiger partial charge is 0.474 e. The second kappa shape index (κ2) is 10.1. The number of halogens is 2. The zero-order valence-corrected chi connectivity index (χ0v) is 17.6. The van der Waals surface area contributed by atoms with E-state index in [9.17, 15) is 0 Å². The van der Waals surface area contributed by atoms with Crippen LogP contribution in [0.3, 0.4) is 0 Å². The Balaban J connectivity index is 1.66. The predicted molar refractivity (Wildman–Crippen MR) is 112 cm³/mol. The standard InChI is InChI=1S/C21H18ClFN4O5/c1-28-26-18(21-27-30-11-10-29-21)13-6-2-4-8-15(13)31-19-17(23)20(25-12-24-19)32-16-9-5-3-7-14(16)22/h2-9,12,26-27H,10-11H2,1H3/b21-18+. The summed E-state index contributed by atoms with van der Waals surface area (Å²) in [5.74, 6) is -0.789. The minimum atomic E-state index is -0.897. The molecule has 9 nitrogen and oxygen atoms in total. The van der Waals surface area contributed by atoms with Gasteiger partial charge in [0, 0.05) is 5.56 Å². The van der Waals surface area contributed by atoms with E-state index in [1.807, 2.05) is 0 Å². The van der Waals surface area contributed by atoms with Crippen LogP contribution in [0.2, 0.25) is 5.02 Å². The molecule has 0 aliphatic carbocycles. The van der Waals surface area contributed by atoms with E-state index in [2.05, 4.69) is 20.9 Å². The molecule has 0 bridgehead atoms. The first kappa shape index (κ1) is 21.6. The van der Waals surface area contributed by atoms with E-state index < -0.39 is 5.82 Å². The van der Waals surface area contributed by atoms with E-state index in [1.54, 1.807) is 48.5 Å². The van der Waals surface area contributed by atoms with E-state index in [0.717, 1.165) is 6.33 Å². The maximum atomic E-state index is 15.1. The minimum absolute atomic E-state index is 0.245. The Morgan fingerprint density at radius 2 is 1.72 bits per heavy atom.